The summed E-state index contributed by atoms with van der Waals surface area (Å²) in [5.41, 5.74) is 12.0. The number of nitrogens with two attached hydrogens (primary N) is 2. The predicted molar refractivity (Wildman–Crippen MR) is 349 cm³/mol. The molecule has 0 saturated carbocycles. The summed E-state index contributed by atoms with van der Waals surface area (Å²) >= 11 is 0. The molecule has 0 aromatic heterocycles. The number of aliphatic carboxylic acids is 2. The quantitative estimate of drug-likeness (QED) is 0.0396. The maximum atomic E-state index is 14.4. The number of amides is 10. The molecule has 1 aliphatic heterocycles. The van der Waals surface area contributed by atoms with Gasteiger partial charge in [-0.25, -0.2) is 0 Å². The molecule has 30 heteroatoms. The van der Waals surface area contributed by atoms with Gasteiger partial charge < -0.3 is 89.5 Å². The highest BCUT2D eigenvalue weighted by molar-refractivity contribution is 5.99. The van der Waals surface area contributed by atoms with Gasteiger partial charge in [-0.1, -0.05) is 95.9 Å². The minimum Gasteiger partial charge on any atom is -0.508 e. The predicted octanol–water partition coefficient (Wildman–Crippen LogP) is 0.305. The van der Waals surface area contributed by atoms with E-state index in [2.05, 4.69) is 56.4 Å². The second kappa shape index (κ2) is 43.3. The van der Waals surface area contributed by atoms with Crippen LogP contribution in [0, 0.1) is 5.92 Å². The molecule has 1 radical (unpaired) electrons. The summed E-state index contributed by atoms with van der Waals surface area (Å²) in [4.78, 5) is 174. The van der Waals surface area contributed by atoms with Crippen molar-refractivity contribution in [1.29, 1.82) is 0 Å². The molecular weight excluding hydrogens is 1250 g/mol. The molecule has 0 spiro atoms. The first-order valence-corrected chi connectivity index (χ1v) is 33.0. The molecule has 11 atom stereocenters. The number of benzene rings is 2. The van der Waals surface area contributed by atoms with Crippen LogP contribution in [0.25, 0.3) is 0 Å². The third kappa shape index (κ3) is 31.2. The summed E-state index contributed by atoms with van der Waals surface area (Å²) < 4.78 is 0. The Morgan fingerprint density at radius 1 is 0.531 bits per heavy atom. The number of aliphatic hydroxyl groups excluding tert-OH is 2. The summed E-state index contributed by atoms with van der Waals surface area (Å²) in [6, 6.07) is -2.55. The average molecular weight is 1350 g/mol. The molecule has 18 N–H and O–H groups in total. The lowest BCUT2D eigenvalue weighted by Crippen LogP contribution is -2.62. The number of nitrogens with one attached hydrogen (secondary N) is 8. The van der Waals surface area contributed by atoms with E-state index in [1.165, 1.54) is 74.7 Å². The largest absolute Gasteiger partial charge is 0.508 e. The Kier molecular flexibility index (Phi) is 36.8. The molecule has 2 aromatic carbocycles. The number of likely N-dealkylation sites (tertiary alicyclic amines) is 1. The number of primary amides is 1. The molecule has 10 amide bonds. The second-order valence-electron chi connectivity index (χ2n) is 24.9. The summed E-state index contributed by atoms with van der Waals surface area (Å²) in [6.45, 7) is 6.75. The Morgan fingerprint density at radius 3 is 1.51 bits per heavy atom. The van der Waals surface area contributed by atoms with Crippen molar-refractivity contribution in [1.82, 2.24) is 47.4 Å². The monoisotopic (exact) mass is 1350 g/mol. The van der Waals surface area contributed by atoms with E-state index in [-0.39, 0.29) is 76.0 Å². The van der Waals surface area contributed by atoms with Gasteiger partial charge in [0.05, 0.1) is 24.7 Å². The van der Waals surface area contributed by atoms with Gasteiger partial charge in [0, 0.05) is 38.6 Å². The van der Waals surface area contributed by atoms with Gasteiger partial charge in [0.15, 0.2) is 0 Å². The number of carboxylic acids is 2. The first-order valence-electron chi connectivity index (χ1n) is 33.0. The lowest BCUT2D eigenvalue weighted by atomic mass is 10.0. The number of phenolic OH excluding ortho intramolecular Hbond substituents is 2. The van der Waals surface area contributed by atoms with Crippen molar-refractivity contribution in [2.75, 3.05) is 13.1 Å². The van der Waals surface area contributed by atoms with Crippen LogP contribution in [0.4, 0.5) is 0 Å². The van der Waals surface area contributed by atoms with E-state index in [1.807, 2.05) is 0 Å². The highest BCUT2D eigenvalue weighted by atomic mass is 16.4. The van der Waals surface area contributed by atoms with Gasteiger partial charge in [0.25, 0.3) is 0 Å². The minimum absolute atomic E-state index is 0.0120. The Balaban J connectivity index is 1.78. The zero-order valence-electron chi connectivity index (χ0n) is 55.3. The van der Waals surface area contributed by atoms with Crippen molar-refractivity contribution < 1.29 is 93.0 Å². The number of aromatic hydroxyl groups is 2. The van der Waals surface area contributed by atoms with Crippen LogP contribution < -0.4 is 54.0 Å². The maximum Gasteiger partial charge on any atom is 0.303 e. The SMILES string of the molecule is CC(C)CCCCCCCCCCC(O)CC(=O)N[C@@H](CCC(=O)O)C(=O)N[C@@H](CCCN)C(=O)N[C@@H](Cc1ccc(O)cc1)C(=O)N[C@H](C(=O)N[C@@H](CCC(=O)O)C(=O)N[C@@H](C)C(=O)N1CCC[C@H]1C(=O)N[C@@H](CCC(N)=O)C(=O)N[C@H]([C]=O)Cc1ccc(O)cc1)[C@@H](C)O. The van der Waals surface area contributed by atoms with Crippen LogP contribution >= 0.6 is 0 Å². The zero-order chi connectivity index (χ0) is 71.4. The van der Waals surface area contributed by atoms with Crippen molar-refractivity contribution in [3.8, 4) is 11.5 Å². The number of nitrogens with zero attached hydrogens (tertiary/aromatic N) is 1. The third-order valence-corrected chi connectivity index (χ3v) is 16.2. The highest BCUT2D eigenvalue weighted by Crippen LogP contribution is 2.21. The molecule has 1 fully saturated rings. The average Bonchev–Trinajstić information content (AvgIpc) is 1.64. The normalized spacial score (nSPS) is 15.9. The Bertz CT molecular complexity index is 2880. The Morgan fingerprint density at radius 2 is 0.990 bits per heavy atom. The van der Waals surface area contributed by atoms with E-state index in [0.717, 1.165) is 43.9 Å². The Labute approximate surface area is 559 Å². The number of hydrogen-bond donors (Lipinski definition) is 16. The van der Waals surface area contributed by atoms with E-state index >= 15 is 0 Å². The zero-order valence-corrected chi connectivity index (χ0v) is 55.3. The number of carbonyl (C=O) groups is 12. The second-order valence-corrected chi connectivity index (χ2v) is 24.9. The summed E-state index contributed by atoms with van der Waals surface area (Å²) in [6.07, 6.45) is 5.14. The van der Waals surface area contributed by atoms with E-state index in [0.29, 0.717) is 29.9 Å². The first kappa shape index (κ1) is 81.5. The van der Waals surface area contributed by atoms with Crippen molar-refractivity contribution in [3.63, 3.8) is 0 Å². The summed E-state index contributed by atoms with van der Waals surface area (Å²) in [5, 5.41) is 80.2. The van der Waals surface area contributed by atoms with Crippen molar-refractivity contribution in [2.45, 2.75) is 242 Å². The van der Waals surface area contributed by atoms with Gasteiger partial charge in [-0.15, -0.1) is 0 Å². The molecule has 96 heavy (non-hydrogen) atoms. The lowest BCUT2D eigenvalue weighted by Gasteiger charge is -2.30. The molecule has 2 aromatic rings. The van der Waals surface area contributed by atoms with Crippen LogP contribution in [-0.2, 0) is 75.2 Å². The molecule has 3 rings (SSSR count). The Hall–Kier alpha value is -8.77. The molecule has 1 aliphatic rings. The van der Waals surface area contributed by atoms with Crippen LogP contribution in [0.15, 0.2) is 48.5 Å². The van der Waals surface area contributed by atoms with E-state index in [9.17, 15) is 93.0 Å². The first-order chi connectivity index (χ1) is 45.5. The smallest absolute Gasteiger partial charge is 0.303 e. The van der Waals surface area contributed by atoms with E-state index in [4.69, 9.17) is 11.5 Å². The molecule has 0 bridgehead atoms. The fourth-order valence-corrected chi connectivity index (χ4v) is 10.8. The van der Waals surface area contributed by atoms with Crippen molar-refractivity contribution >= 4 is 77.3 Å². The fraction of sp³-hybridized carbons (Fsp3) is 0.621. The van der Waals surface area contributed by atoms with Crippen LogP contribution in [0.1, 0.15) is 174 Å². The van der Waals surface area contributed by atoms with Crippen LogP contribution in [-0.4, -0.2) is 193 Å². The van der Waals surface area contributed by atoms with Gasteiger partial charge in [0.2, 0.25) is 65.4 Å². The van der Waals surface area contributed by atoms with Crippen molar-refractivity contribution in [2.24, 2.45) is 17.4 Å². The summed E-state index contributed by atoms with van der Waals surface area (Å²) in [7, 11) is 0. The molecule has 1 heterocycles. The number of unbranched alkanes of at least 4 members (excludes halogenated alkanes) is 7. The number of carbonyl (C=O) groups excluding carboxylic acids is 11. The molecule has 1 saturated heterocycles. The number of hydrogen-bond acceptors (Lipinski definition) is 18. The van der Waals surface area contributed by atoms with Gasteiger partial charge in [-0.05, 0) is 113 Å². The van der Waals surface area contributed by atoms with Crippen LogP contribution in [0.5, 0.6) is 11.5 Å². The molecule has 30 nitrogen and oxygen atoms in total. The molecule has 1 unspecified atom stereocenters. The fourth-order valence-electron chi connectivity index (χ4n) is 10.8. The van der Waals surface area contributed by atoms with Crippen molar-refractivity contribution in [3.05, 3.63) is 59.7 Å². The molecule has 533 valence electrons. The molecule has 0 aliphatic carbocycles. The number of carboxylic acid groups (broad SMARTS) is 2. The van der Waals surface area contributed by atoms with Gasteiger partial charge in [-0.2, -0.15) is 0 Å². The van der Waals surface area contributed by atoms with Gasteiger partial charge in [-0.3, -0.25) is 62.3 Å². The van der Waals surface area contributed by atoms with E-state index in [1.54, 1.807) is 6.29 Å². The third-order valence-electron chi connectivity index (χ3n) is 16.2. The topological polar surface area (TPSA) is 495 Å². The van der Waals surface area contributed by atoms with E-state index < -0.39 is 170 Å². The van der Waals surface area contributed by atoms with Gasteiger partial charge in [0.1, 0.15) is 59.8 Å². The lowest BCUT2D eigenvalue weighted by molar-refractivity contribution is -0.142. The maximum absolute atomic E-state index is 14.4. The molecular formula is C66H100N11O19. The van der Waals surface area contributed by atoms with Crippen LogP contribution in [0.2, 0.25) is 0 Å². The minimum atomic E-state index is -1.95. The van der Waals surface area contributed by atoms with Gasteiger partial charge >= 0.3 is 11.9 Å². The number of aliphatic hydroxyl groups is 2. The standard InChI is InChI=1S/C66H100N11O19/c1-39(2)15-11-9-7-5-6-8-10-12-16-47(82)37-55(84)71-49(28-31-56(85)86)62(92)72-48(17-13-33-67)61(91)75-52(36-43-21-25-46(81)26-22-43)63(93)76-58(41(4)79)65(95)74-51(29-32-57(87)88)59(89)69-40(3)66(96)77-34-14-18-53(77)64(94)73-50(27-30-54(68)83)60(90)70-44(38-78)35-42-19-23-45(80)24-20-42/h19-26,39-41,44,47-53,58,79-82H,5-18,27-37,67H2,1-4H3,(H2,68,83)(H,69,89)(H,70,90)(H,71,84)(H,72,92)(H,73,94)(H,74,95)(H,75,91)(H,76,93)(H,85,86)(H,87,88)/t40-,41+,44-,47?,48-,49-,50-,51-,52-,53-,58-/m0/s1. The summed E-state index contributed by atoms with van der Waals surface area (Å²) in [5.74, 6) is -11.8. The number of phenols is 2. The highest BCUT2D eigenvalue weighted by Gasteiger charge is 2.40. The van der Waals surface area contributed by atoms with Crippen LogP contribution in [0.3, 0.4) is 0 Å². The number of rotatable bonds is 47.